The van der Waals surface area contributed by atoms with E-state index in [9.17, 15) is 0 Å². The molecule has 0 saturated carbocycles. The average Bonchev–Trinajstić information content (AvgIpc) is 2.45. The van der Waals surface area contributed by atoms with Crippen molar-refractivity contribution >= 4 is 22.7 Å². The van der Waals surface area contributed by atoms with Crippen molar-refractivity contribution in [3.05, 3.63) is 59.3 Å². The largest absolute Gasteiger partial charge is 0.326 e. The predicted molar refractivity (Wildman–Crippen MR) is 87.5 cm³/mol. The zero-order valence-electron chi connectivity index (χ0n) is 12.1. The quantitative estimate of drug-likeness (QED) is 0.797. The van der Waals surface area contributed by atoms with Crippen LogP contribution in [0.2, 0.25) is 0 Å². The molecule has 0 aliphatic heterocycles. The minimum absolute atomic E-state index is 0.477. The van der Waals surface area contributed by atoms with E-state index < -0.39 is 0 Å². The van der Waals surface area contributed by atoms with Gasteiger partial charge in [-0.1, -0.05) is 18.2 Å². The normalized spacial score (nSPS) is 11.0. The Morgan fingerprint density at radius 2 is 1.86 bits per heavy atom. The van der Waals surface area contributed by atoms with Gasteiger partial charge in [-0.05, 0) is 61.0 Å². The van der Waals surface area contributed by atoms with E-state index in [1.54, 1.807) is 11.8 Å². The third-order valence-electron chi connectivity index (χ3n) is 3.26. The van der Waals surface area contributed by atoms with Crippen LogP contribution in [-0.4, -0.2) is 9.97 Å². The van der Waals surface area contributed by atoms with E-state index in [4.69, 9.17) is 10.7 Å². The maximum Gasteiger partial charge on any atom is 0.107 e. The van der Waals surface area contributed by atoms with Crippen molar-refractivity contribution in [2.24, 2.45) is 5.73 Å². The lowest BCUT2D eigenvalue weighted by Gasteiger charge is -2.09. The molecule has 21 heavy (non-hydrogen) atoms. The van der Waals surface area contributed by atoms with Crippen molar-refractivity contribution in [3.63, 3.8) is 0 Å². The number of hydrogen-bond donors (Lipinski definition) is 1. The number of nitrogens with zero attached hydrogens (tertiary/aromatic N) is 2. The number of benzene rings is 1. The number of hydrogen-bond acceptors (Lipinski definition) is 4. The SMILES string of the molecule is Cc1cc(C)nc(Sc2nc3ccccc3cc2CN)c1. The smallest absolute Gasteiger partial charge is 0.107 e. The Labute approximate surface area is 128 Å². The molecule has 0 spiro atoms. The van der Waals surface area contributed by atoms with Gasteiger partial charge < -0.3 is 5.73 Å². The zero-order chi connectivity index (χ0) is 14.8. The second-order valence-corrected chi connectivity index (χ2v) is 6.08. The van der Waals surface area contributed by atoms with Crippen molar-refractivity contribution in [2.75, 3.05) is 0 Å². The minimum Gasteiger partial charge on any atom is -0.326 e. The van der Waals surface area contributed by atoms with E-state index in [-0.39, 0.29) is 0 Å². The van der Waals surface area contributed by atoms with Gasteiger partial charge in [0.05, 0.1) is 5.52 Å². The lowest BCUT2D eigenvalue weighted by Crippen LogP contribution is -2.01. The maximum atomic E-state index is 5.88. The van der Waals surface area contributed by atoms with Crippen LogP contribution in [0, 0.1) is 13.8 Å². The number of rotatable bonds is 3. The van der Waals surface area contributed by atoms with Gasteiger partial charge in [0.25, 0.3) is 0 Å². The van der Waals surface area contributed by atoms with Crippen LogP contribution in [0.5, 0.6) is 0 Å². The van der Waals surface area contributed by atoms with Crippen molar-refractivity contribution in [2.45, 2.75) is 30.4 Å². The third-order valence-corrected chi connectivity index (χ3v) is 4.22. The van der Waals surface area contributed by atoms with Gasteiger partial charge in [0.2, 0.25) is 0 Å². The highest BCUT2D eigenvalue weighted by Gasteiger charge is 2.09. The summed E-state index contributed by atoms with van der Waals surface area (Å²) in [6.07, 6.45) is 0. The molecule has 0 unspecified atom stereocenters. The third kappa shape index (κ3) is 3.06. The highest BCUT2D eigenvalue weighted by molar-refractivity contribution is 7.99. The van der Waals surface area contributed by atoms with Crippen molar-refractivity contribution in [1.82, 2.24) is 9.97 Å². The number of nitrogens with two attached hydrogens (primary N) is 1. The van der Waals surface area contributed by atoms with Crippen LogP contribution in [0.25, 0.3) is 10.9 Å². The van der Waals surface area contributed by atoms with Gasteiger partial charge in [-0.3, -0.25) is 0 Å². The van der Waals surface area contributed by atoms with Crippen LogP contribution in [-0.2, 0) is 6.54 Å². The first-order valence-corrected chi connectivity index (χ1v) is 7.69. The summed E-state index contributed by atoms with van der Waals surface area (Å²) >= 11 is 1.58. The summed E-state index contributed by atoms with van der Waals surface area (Å²) in [7, 11) is 0. The van der Waals surface area contributed by atoms with E-state index in [2.05, 4.69) is 36.2 Å². The molecule has 2 aromatic heterocycles. The number of pyridine rings is 2. The molecule has 0 radical (unpaired) electrons. The topological polar surface area (TPSA) is 51.8 Å². The molecule has 3 nitrogen and oxygen atoms in total. The number of para-hydroxylation sites is 1. The van der Waals surface area contributed by atoms with Gasteiger partial charge in [-0.15, -0.1) is 0 Å². The number of fused-ring (bicyclic) bond motifs is 1. The fourth-order valence-corrected chi connectivity index (χ4v) is 3.38. The number of aromatic nitrogens is 2. The van der Waals surface area contributed by atoms with Crippen LogP contribution < -0.4 is 5.73 Å². The summed E-state index contributed by atoms with van der Waals surface area (Å²) in [5, 5.41) is 3.02. The van der Waals surface area contributed by atoms with E-state index in [0.29, 0.717) is 6.54 Å². The Morgan fingerprint density at radius 3 is 2.62 bits per heavy atom. The van der Waals surface area contributed by atoms with Gasteiger partial charge in [-0.2, -0.15) is 0 Å². The molecule has 3 aromatic rings. The second-order valence-electron chi connectivity index (χ2n) is 5.08. The predicted octanol–water partition coefficient (Wildman–Crippen LogP) is 3.86. The lowest BCUT2D eigenvalue weighted by molar-refractivity contribution is 0.973. The number of aryl methyl sites for hydroxylation is 2. The highest BCUT2D eigenvalue weighted by Crippen LogP contribution is 2.30. The fraction of sp³-hybridized carbons (Fsp3) is 0.176. The molecule has 0 atom stereocenters. The molecular weight excluding hydrogens is 278 g/mol. The van der Waals surface area contributed by atoms with Crippen LogP contribution in [0.15, 0.2) is 52.5 Å². The summed E-state index contributed by atoms with van der Waals surface area (Å²) in [6, 6.07) is 14.4. The fourth-order valence-electron chi connectivity index (χ4n) is 2.33. The van der Waals surface area contributed by atoms with Crippen molar-refractivity contribution < 1.29 is 0 Å². The summed E-state index contributed by atoms with van der Waals surface area (Å²) in [5.41, 5.74) is 10.2. The molecule has 3 rings (SSSR count). The van der Waals surface area contributed by atoms with E-state index >= 15 is 0 Å². The zero-order valence-corrected chi connectivity index (χ0v) is 12.9. The molecule has 0 saturated heterocycles. The van der Waals surface area contributed by atoms with Crippen molar-refractivity contribution in [3.8, 4) is 0 Å². The molecular formula is C17H17N3S. The van der Waals surface area contributed by atoms with Crippen molar-refractivity contribution in [1.29, 1.82) is 0 Å². The summed E-state index contributed by atoms with van der Waals surface area (Å²) in [6.45, 7) is 4.57. The summed E-state index contributed by atoms with van der Waals surface area (Å²) in [4.78, 5) is 9.31. The molecule has 2 heterocycles. The van der Waals surface area contributed by atoms with Crippen LogP contribution >= 0.6 is 11.8 Å². The molecule has 0 aliphatic carbocycles. The Kier molecular flexibility index (Phi) is 3.90. The van der Waals surface area contributed by atoms with Gasteiger partial charge >= 0.3 is 0 Å². The first-order chi connectivity index (χ1) is 10.2. The van der Waals surface area contributed by atoms with Gasteiger partial charge in [0.15, 0.2) is 0 Å². The van der Waals surface area contributed by atoms with E-state index in [1.807, 2.05) is 25.1 Å². The standard InChI is InChI=1S/C17H17N3S/c1-11-7-12(2)19-16(8-11)21-17-14(10-18)9-13-5-3-4-6-15(13)20-17/h3-9H,10,18H2,1-2H3. The second kappa shape index (κ2) is 5.84. The first kappa shape index (κ1) is 14.0. The van der Waals surface area contributed by atoms with Crippen LogP contribution in [0.3, 0.4) is 0 Å². The molecule has 0 aliphatic rings. The Balaban J connectivity index is 2.06. The van der Waals surface area contributed by atoms with E-state index in [0.717, 1.165) is 32.2 Å². The molecule has 1 aromatic carbocycles. The molecule has 0 amide bonds. The van der Waals surface area contributed by atoms with Gasteiger partial charge in [-0.25, -0.2) is 9.97 Å². The Hall–Kier alpha value is -1.91. The molecule has 2 N–H and O–H groups in total. The van der Waals surface area contributed by atoms with Crippen LogP contribution in [0.4, 0.5) is 0 Å². The summed E-state index contributed by atoms with van der Waals surface area (Å²) < 4.78 is 0. The van der Waals surface area contributed by atoms with Gasteiger partial charge in [0.1, 0.15) is 10.1 Å². The monoisotopic (exact) mass is 295 g/mol. The highest BCUT2D eigenvalue weighted by atomic mass is 32.2. The summed E-state index contributed by atoms with van der Waals surface area (Å²) in [5.74, 6) is 0. The minimum atomic E-state index is 0.477. The lowest BCUT2D eigenvalue weighted by atomic mass is 10.1. The molecule has 0 bridgehead atoms. The first-order valence-electron chi connectivity index (χ1n) is 6.87. The van der Waals surface area contributed by atoms with Gasteiger partial charge in [0, 0.05) is 17.6 Å². The molecule has 106 valence electrons. The Morgan fingerprint density at radius 1 is 1.05 bits per heavy atom. The molecule has 0 fully saturated rings. The average molecular weight is 295 g/mol. The molecule has 4 heteroatoms. The maximum absolute atomic E-state index is 5.88. The van der Waals surface area contributed by atoms with Crippen LogP contribution in [0.1, 0.15) is 16.8 Å². The Bertz CT molecular complexity index is 779. The van der Waals surface area contributed by atoms with E-state index in [1.165, 1.54) is 5.56 Å².